The van der Waals surface area contributed by atoms with Gasteiger partial charge in [0, 0.05) is 30.5 Å². The van der Waals surface area contributed by atoms with Gasteiger partial charge >= 0.3 is 0 Å². The van der Waals surface area contributed by atoms with Gasteiger partial charge in [0.15, 0.2) is 0 Å². The molecule has 5 heteroatoms. The molecule has 0 saturated heterocycles. The predicted molar refractivity (Wildman–Crippen MR) is 80.1 cm³/mol. The van der Waals surface area contributed by atoms with E-state index in [1.54, 1.807) is 0 Å². The Morgan fingerprint density at radius 3 is 1.94 bits per heavy atom. The highest BCUT2D eigenvalue weighted by molar-refractivity contribution is 6.18. The fourth-order valence-electron chi connectivity index (χ4n) is 1.61. The van der Waals surface area contributed by atoms with Gasteiger partial charge in [0.2, 0.25) is 0 Å². The van der Waals surface area contributed by atoms with Crippen LogP contribution in [0.15, 0.2) is 24.3 Å². The molecule has 0 aromatic heterocycles. The third-order valence-corrected chi connectivity index (χ3v) is 2.78. The molecule has 0 spiro atoms. The first-order chi connectivity index (χ1) is 7.81. The summed E-state index contributed by atoms with van der Waals surface area (Å²) < 4.78 is 0. The lowest BCUT2D eigenvalue weighted by Crippen LogP contribution is -2.27. The molecule has 17 heavy (non-hydrogen) atoms. The molecule has 0 bridgehead atoms. The van der Waals surface area contributed by atoms with Crippen LogP contribution in [0.25, 0.3) is 0 Å². The number of halogens is 3. The van der Waals surface area contributed by atoms with Crippen LogP contribution in [0.1, 0.15) is 5.56 Å². The largest absolute Gasteiger partial charge is 0.369 e. The minimum atomic E-state index is 0. The van der Waals surface area contributed by atoms with Gasteiger partial charge in [-0.25, -0.2) is 0 Å². The van der Waals surface area contributed by atoms with E-state index >= 15 is 0 Å². The molecule has 0 amide bonds. The number of alkyl halides is 2. The van der Waals surface area contributed by atoms with Crippen LogP contribution in [-0.4, -0.2) is 31.4 Å². The van der Waals surface area contributed by atoms with Crippen molar-refractivity contribution in [2.45, 2.75) is 6.42 Å². The van der Waals surface area contributed by atoms with Gasteiger partial charge in [0.25, 0.3) is 0 Å². The number of nitrogens with two attached hydrogens (primary N) is 1. The van der Waals surface area contributed by atoms with Gasteiger partial charge in [-0.15, -0.1) is 35.6 Å². The Morgan fingerprint density at radius 2 is 1.53 bits per heavy atom. The molecule has 2 N–H and O–H groups in total. The van der Waals surface area contributed by atoms with Crippen LogP contribution < -0.4 is 10.6 Å². The second kappa shape index (κ2) is 9.84. The molecular weight excluding hydrogens is 279 g/mol. The fraction of sp³-hybridized carbons (Fsp3) is 0.500. The van der Waals surface area contributed by atoms with Crippen molar-refractivity contribution in [1.82, 2.24) is 0 Å². The zero-order chi connectivity index (χ0) is 11.8. The van der Waals surface area contributed by atoms with Crippen LogP contribution in [0.4, 0.5) is 5.69 Å². The summed E-state index contributed by atoms with van der Waals surface area (Å²) in [4.78, 5) is 2.19. The summed E-state index contributed by atoms with van der Waals surface area (Å²) in [5.74, 6) is 1.23. The standard InChI is InChI=1S/C12H18Cl2N2.ClH/c13-6-9-16(10-7-14)12-3-1-11(2-4-12)5-8-15;/h1-4H,5-10,15H2;1H. The number of nitrogens with zero attached hydrogens (tertiary/aromatic N) is 1. The first-order valence-electron chi connectivity index (χ1n) is 5.47. The van der Waals surface area contributed by atoms with Gasteiger partial charge in [0.1, 0.15) is 0 Å². The lowest BCUT2D eigenvalue weighted by molar-refractivity contribution is 0.872. The van der Waals surface area contributed by atoms with E-state index in [4.69, 9.17) is 28.9 Å². The molecule has 98 valence electrons. The number of hydrogen-bond donors (Lipinski definition) is 1. The minimum absolute atomic E-state index is 0. The highest BCUT2D eigenvalue weighted by Crippen LogP contribution is 2.15. The second-order valence-electron chi connectivity index (χ2n) is 3.57. The van der Waals surface area contributed by atoms with E-state index in [0.29, 0.717) is 18.3 Å². The minimum Gasteiger partial charge on any atom is -0.369 e. The monoisotopic (exact) mass is 296 g/mol. The molecule has 1 rings (SSSR count). The van der Waals surface area contributed by atoms with Gasteiger partial charge in [-0.1, -0.05) is 12.1 Å². The zero-order valence-corrected chi connectivity index (χ0v) is 12.1. The lowest BCUT2D eigenvalue weighted by Gasteiger charge is -2.23. The van der Waals surface area contributed by atoms with Gasteiger partial charge in [-0.3, -0.25) is 0 Å². The molecule has 1 aromatic carbocycles. The smallest absolute Gasteiger partial charge is 0.0399 e. The maximum atomic E-state index is 5.76. The molecule has 0 unspecified atom stereocenters. The van der Waals surface area contributed by atoms with Crippen molar-refractivity contribution in [3.05, 3.63) is 29.8 Å². The Bertz CT molecular complexity index is 284. The van der Waals surface area contributed by atoms with Crippen molar-refractivity contribution < 1.29 is 0 Å². The Balaban J connectivity index is 0.00000256. The van der Waals surface area contributed by atoms with Crippen LogP contribution in [0, 0.1) is 0 Å². The van der Waals surface area contributed by atoms with Crippen LogP contribution in [0.5, 0.6) is 0 Å². The highest BCUT2D eigenvalue weighted by atomic mass is 35.5. The molecule has 0 atom stereocenters. The quantitative estimate of drug-likeness (QED) is 0.784. The van der Waals surface area contributed by atoms with E-state index in [1.165, 1.54) is 11.3 Å². The topological polar surface area (TPSA) is 29.3 Å². The van der Waals surface area contributed by atoms with Gasteiger partial charge in [-0.2, -0.15) is 0 Å². The van der Waals surface area contributed by atoms with Crippen LogP contribution in [0.3, 0.4) is 0 Å². The maximum Gasteiger partial charge on any atom is 0.0399 e. The van der Waals surface area contributed by atoms with E-state index in [-0.39, 0.29) is 12.4 Å². The molecule has 0 fully saturated rings. The summed E-state index contributed by atoms with van der Waals surface area (Å²) in [6.45, 7) is 2.33. The van der Waals surface area contributed by atoms with E-state index in [9.17, 15) is 0 Å². The van der Waals surface area contributed by atoms with Gasteiger partial charge < -0.3 is 10.6 Å². The average Bonchev–Trinajstić information content (AvgIpc) is 2.30. The zero-order valence-electron chi connectivity index (χ0n) is 9.74. The molecule has 1 aromatic rings. The average molecular weight is 298 g/mol. The molecular formula is C12H19Cl3N2. The fourth-order valence-corrected chi connectivity index (χ4v) is 2.02. The summed E-state index contributed by atoms with van der Waals surface area (Å²) in [5.41, 5.74) is 7.94. The van der Waals surface area contributed by atoms with Crippen LogP contribution in [-0.2, 0) is 6.42 Å². The Morgan fingerprint density at radius 1 is 1.00 bits per heavy atom. The van der Waals surface area contributed by atoms with Crippen LogP contribution in [0.2, 0.25) is 0 Å². The third kappa shape index (κ3) is 5.82. The van der Waals surface area contributed by atoms with Crippen molar-refractivity contribution >= 4 is 41.3 Å². The Labute approximate surface area is 119 Å². The molecule has 0 aliphatic rings. The van der Waals surface area contributed by atoms with E-state index in [0.717, 1.165) is 19.5 Å². The summed E-state index contributed by atoms with van der Waals surface area (Å²) in [6, 6.07) is 8.42. The normalized spacial score (nSPS) is 9.82. The Kier molecular flexibility index (Phi) is 9.75. The maximum absolute atomic E-state index is 5.76. The van der Waals surface area contributed by atoms with E-state index in [2.05, 4.69) is 29.2 Å². The second-order valence-corrected chi connectivity index (χ2v) is 4.33. The molecule has 0 radical (unpaired) electrons. The molecule has 0 aliphatic carbocycles. The Hall–Kier alpha value is -0.150. The van der Waals surface area contributed by atoms with Crippen molar-refractivity contribution in [2.24, 2.45) is 5.73 Å². The van der Waals surface area contributed by atoms with Crippen molar-refractivity contribution in [3.8, 4) is 0 Å². The van der Waals surface area contributed by atoms with Crippen molar-refractivity contribution in [3.63, 3.8) is 0 Å². The molecule has 0 saturated carbocycles. The summed E-state index contributed by atoms with van der Waals surface area (Å²) in [7, 11) is 0. The number of hydrogen-bond acceptors (Lipinski definition) is 2. The van der Waals surface area contributed by atoms with Crippen molar-refractivity contribution in [1.29, 1.82) is 0 Å². The number of anilines is 1. The third-order valence-electron chi connectivity index (χ3n) is 2.44. The first-order valence-corrected chi connectivity index (χ1v) is 6.54. The highest BCUT2D eigenvalue weighted by Gasteiger charge is 2.04. The van der Waals surface area contributed by atoms with Gasteiger partial charge in [-0.05, 0) is 30.7 Å². The molecule has 0 aliphatic heterocycles. The van der Waals surface area contributed by atoms with Gasteiger partial charge in [0.05, 0.1) is 0 Å². The first kappa shape index (κ1) is 16.9. The van der Waals surface area contributed by atoms with E-state index in [1.807, 2.05) is 0 Å². The number of rotatable bonds is 7. The summed E-state index contributed by atoms with van der Waals surface area (Å²) in [5, 5.41) is 0. The van der Waals surface area contributed by atoms with Crippen LogP contribution >= 0.6 is 35.6 Å². The van der Waals surface area contributed by atoms with E-state index < -0.39 is 0 Å². The summed E-state index contributed by atoms with van der Waals surface area (Å²) in [6.07, 6.45) is 0.922. The summed E-state index contributed by atoms with van der Waals surface area (Å²) >= 11 is 11.5. The number of benzene rings is 1. The molecule has 0 heterocycles. The predicted octanol–water partition coefficient (Wildman–Crippen LogP) is 2.89. The lowest BCUT2D eigenvalue weighted by atomic mass is 10.1. The molecule has 2 nitrogen and oxygen atoms in total. The SMILES string of the molecule is Cl.NCCc1ccc(N(CCCl)CCCl)cc1. The van der Waals surface area contributed by atoms with Crippen molar-refractivity contribution in [2.75, 3.05) is 36.3 Å².